The maximum absolute atomic E-state index is 13.7. The van der Waals surface area contributed by atoms with E-state index in [9.17, 15) is 22.4 Å². The summed E-state index contributed by atoms with van der Waals surface area (Å²) < 4.78 is 47.8. The van der Waals surface area contributed by atoms with Crippen LogP contribution in [0.3, 0.4) is 0 Å². The molecular weight excluding hydrogens is 425 g/mol. The molecule has 0 radical (unpaired) electrons. The number of sulfonamides is 1. The highest BCUT2D eigenvalue weighted by Gasteiger charge is 2.33. The fraction of sp³-hybridized carbons (Fsp3) is 0.429. The van der Waals surface area contributed by atoms with Crippen molar-refractivity contribution >= 4 is 15.9 Å². The molecule has 31 heavy (non-hydrogen) atoms. The second-order valence-electron chi connectivity index (χ2n) is 7.89. The summed E-state index contributed by atoms with van der Waals surface area (Å²) in [7, 11) is -4.02. The number of nitrogens with zero attached hydrogens (tertiary/aromatic N) is 2. The Balaban J connectivity index is 1.24. The minimum Gasteiger partial charge on any atom is -0.486 e. The van der Waals surface area contributed by atoms with E-state index >= 15 is 0 Å². The summed E-state index contributed by atoms with van der Waals surface area (Å²) >= 11 is 0. The number of halogens is 1. The zero-order chi connectivity index (χ0) is 22.2. The van der Waals surface area contributed by atoms with Gasteiger partial charge in [0.05, 0.1) is 13.1 Å². The summed E-state index contributed by atoms with van der Waals surface area (Å²) in [5, 5.41) is 0. The molecule has 166 valence electrons. The Morgan fingerprint density at radius 3 is 2.58 bits per heavy atom. The lowest BCUT2D eigenvalue weighted by Gasteiger charge is -2.39. The number of carbonyl (C=O) groups is 1. The molecule has 8 nitrogen and oxygen atoms in total. The van der Waals surface area contributed by atoms with Gasteiger partial charge < -0.3 is 14.2 Å². The summed E-state index contributed by atoms with van der Waals surface area (Å²) in [5.41, 5.74) is 0.784. The number of nitrogens with one attached hydrogen (secondary N) is 1. The van der Waals surface area contributed by atoms with Crippen LogP contribution in [0.4, 0.5) is 4.39 Å². The molecule has 1 aliphatic heterocycles. The number of aryl methyl sites for hydroxylation is 1. The van der Waals surface area contributed by atoms with E-state index in [1.807, 2.05) is 13.0 Å². The highest BCUT2D eigenvalue weighted by Crippen LogP contribution is 2.35. The number of pyridine rings is 1. The van der Waals surface area contributed by atoms with E-state index < -0.39 is 20.7 Å². The molecule has 1 amide bonds. The van der Waals surface area contributed by atoms with Gasteiger partial charge in [-0.2, -0.15) is 0 Å². The molecule has 4 rings (SSSR count). The van der Waals surface area contributed by atoms with E-state index in [1.165, 1.54) is 24.3 Å². The number of benzene rings is 1. The minimum atomic E-state index is -4.02. The third-order valence-electron chi connectivity index (χ3n) is 5.41. The van der Waals surface area contributed by atoms with Gasteiger partial charge in [-0.15, -0.1) is 0 Å². The average molecular weight is 450 g/mol. The zero-order valence-electron chi connectivity index (χ0n) is 17.1. The number of hydrogen-bond donors (Lipinski definition) is 1. The molecule has 2 aliphatic rings. The molecule has 2 heterocycles. The zero-order valence-corrected chi connectivity index (χ0v) is 17.9. The molecule has 1 saturated heterocycles. The van der Waals surface area contributed by atoms with Crippen LogP contribution in [0.2, 0.25) is 0 Å². The number of aromatic nitrogens is 1. The normalized spacial score (nSPS) is 16.8. The predicted molar refractivity (Wildman–Crippen MR) is 111 cm³/mol. The Labute approximate surface area is 179 Å². The lowest BCUT2D eigenvalue weighted by atomic mass is 10.1. The predicted octanol–water partition coefficient (Wildman–Crippen LogP) is 1.59. The SMILES string of the molecule is Cc1cc(OC2CN(C(=O)CCNS(=O)(=O)c3ccccc3F)C2)cc(=O)n1C1CC1. The summed E-state index contributed by atoms with van der Waals surface area (Å²) in [5.74, 6) is -0.574. The Hall–Kier alpha value is -2.72. The van der Waals surface area contributed by atoms with Crippen LogP contribution in [-0.2, 0) is 14.8 Å². The molecule has 0 unspecified atom stereocenters. The van der Waals surface area contributed by atoms with Crippen molar-refractivity contribution in [3.05, 3.63) is 58.3 Å². The van der Waals surface area contributed by atoms with Crippen molar-refractivity contribution in [1.82, 2.24) is 14.2 Å². The Morgan fingerprint density at radius 2 is 1.94 bits per heavy atom. The number of hydrogen-bond acceptors (Lipinski definition) is 5. The maximum Gasteiger partial charge on any atom is 0.254 e. The lowest BCUT2D eigenvalue weighted by molar-refractivity contribution is -0.139. The van der Waals surface area contributed by atoms with Crippen molar-refractivity contribution in [2.75, 3.05) is 19.6 Å². The van der Waals surface area contributed by atoms with Crippen molar-refractivity contribution in [3.63, 3.8) is 0 Å². The van der Waals surface area contributed by atoms with Crippen LogP contribution in [0.15, 0.2) is 46.1 Å². The van der Waals surface area contributed by atoms with E-state index in [1.54, 1.807) is 9.47 Å². The Morgan fingerprint density at radius 1 is 1.23 bits per heavy atom. The molecule has 1 aliphatic carbocycles. The summed E-state index contributed by atoms with van der Waals surface area (Å²) in [6.45, 7) is 2.48. The van der Waals surface area contributed by atoms with Crippen molar-refractivity contribution in [1.29, 1.82) is 0 Å². The maximum atomic E-state index is 13.7. The van der Waals surface area contributed by atoms with Crippen LogP contribution in [-0.4, -0.2) is 49.5 Å². The van der Waals surface area contributed by atoms with Gasteiger partial charge in [0.2, 0.25) is 15.9 Å². The van der Waals surface area contributed by atoms with Crippen molar-refractivity contribution < 1.29 is 22.3 Å². The second kappa shape index (κ2) is 8.43. The average Bonchev–Trinajstić information content (AvgIpc) is 3.48. The number of amides is 1. The molecule has 1 N–H and O–H groups in total. The van der Waals surface area contributed by atoms with E-state index in [0.29, 0.717) is 24.9 Å². The molecule has 10 heteroatoms. The Bertz CT molecular complexity index is 1150. The third kappa shape index (κ3) is 4.80. The molecule has 0 atom stereocenters. The van der Waals surface area contributed by atoms with Gasteiger partial charge in [0, 0.05) is 30.8 Å². The molecule has 2 aromatic rings. The first-order chi connectivity index (χ1) is 14.7. The fourth-order valence-corrected chi connectivity index (χ4v) is 4.76. The van der Waals surface area contributed by atoms with Gasteiger partial charge in [-0.05, 0) is 38.0 Å². The topological polar surface area (TPSA) is 97.7 Å². The van der Waals surface area contributed by atoms with Gasteiger partial charge >= 0.3 is 0 Å². The highest BCUT2D eigenvalue weighted by molar-refractivity contribution is 7.89. The van der Waals surface area contributed by atoms with Crippen molar-refractivity contribution in [2.24, 2.45) is 0 Å². The molecule has 0 bridgehead atoms. The van der Waals surface area contributed by atoms with Gasteiger partial charge in [0.15, 0.2) is 0 Å². The molecule has 1 aromatic carbocycles. The standard InChI is InChI=1S/C21H24FN3O5S/c1-14-10-16(11-21(27)25(14)15-6-7-15)30-17-12-24(13-17)20(26)8-9-23-31(28,29)19-5-3-2-4-18(19)22/h2-5,10-11,15,17,23H,6-9,12-13H2,1H3. The van der Waals surface area contributed by atoms with Crippen LogP contribution in [0.1, 0.15) is 31.0 Å². The van der Waals surface area contributed by atoms with E-state index in [2.05, 4.69) is 4.72 Å². The molecule has 2 fully saturated rings. The first-order valence-corrected chi connectivity index (χ1v) is 11.6. The summed E-state index contributed by atoms with van der Waals surface area (Å²) in [6.07, 6.45) is 1.79. The summed E-state index contributed by atoms with van der Waals surface area (Å²) in [4.78, 5) is 25.6. The van der Waals surface area contributed by atoms with Crippen LogP contribution in [0.25, 0.3) is 0 Å². The van der Waals surface area contributed by atoms with Crippen molar-refractivity contribution in [3.8, 4) is 5.75 Å². The van der Waals surface area contributed by atoms with Gasteiger partial charge in [0.1, 0.15) is 22.6 Å². The van der Waals surface area contributed by atoms with Crippen LogP contribution in [0, 0.1) is 12.7 Å². The van der Waals surface area contributed by atoms with Crippen LogP contribution >= 0.6 is 0 Å². The van der Waals surface area contributed by atoms with Gasteiger partial charge in [-0.3, -0.25) is 9.59 Å². The third-order valence-corrected chi connectivity index (χ3v) is 6.90. The first-order valence-electron chi connectivity index (χ1n) is 10.2. The molecule has 1 saturated carbocycles. The highest BCUT2D eigenvalue weighted by atomic mass is 32.2. The quantitative estimate of drug-likeness (QED) is 0.660. The van der Waals surface area contributed by atoms with E-state index in [-0.39, 0.29) is 30.5 Å². The number of likely N-dealkylation sites (tertiary alicyclic amines) is 1. The van der Waals surface area contributed by atoms with E-state index in [4.69, 9.17) is 4.74 Å². The fourth-order valence-electron chi connectivity index (χ4n) is 3.65. The molecule has 1 aromatic heterocycles. The summed E-state index contributed by atoms with van der Waals surface area (Å²) in [6, 6.07) is 8.68. The lowest BCUT2D eigenvalue weighted by Crippen LogP contribution is -2.56. The number of ether oxygens (including phenoxy) is 1. The van der Waals surface area contributed by atoms with E-state index in [0.717, 1.165) is 24.6 Å². The molecule has 0 spiro atoms. The first kappa shape index (κ1) is 21.5. The van der Waals surface area contributed by atoms with Gasteiger partial charge in [-0.25, -0.2) is 17.5 Å². The molecular formula is C21H24FN3O5S. The van der Waals surface area contributed by atoms with Gasteiger partial charge in [-0.1, -0.05) is 12.1 Å². The van der Waals surface area contributed by atoms with Crippen molar-refractivity contribution in [2.45, 2.75) is 43.2 Å². The smallest absolute Gasteiger partial charge is 0.254 e. The van der Waals surface area contributed by atoms with Crippen LogP contribution in [0.5, 0.6) is 5.75 Å². The number of carbonyl (C=O) groups excluding carboxylic acids is 1. The Kier molecular flexibility index (Phi) is 5.85. The largest absolute Gasteiger partial charge is 0.486 e. The second-order valence-corrected chi connectivity index (χ2v) is 9.62. The van der Waals surface area contributed by atoms with Gasteiger partial charge in [0.25, 0.3) is 5.56 Å². The van der Waals surface area contributed by atoms with Crippen LogP contribution < -0.4 is 15.0 Å². The number of rotatable bonds is 8. The monoisotopic (exact) mass is 449 g/mol. The minimum absolute atomic E-state index is 0.0447.